The van der Waals surface area contributed by atoms with E-state index in [4.69, 9.17) is 5.73 Å². The number of halogens is 1. The first-order chi connectivity index (χ1) is 6.66. The fourth-order valence-electron chi connectivity index (χ4n) is 1.16. The highest BCUT2D eigenvalue weighted by Crippen LogP contribution is 2.23. The van der Waals surface area contributed by atoms with Crippen molar-refractivity contribution in [3.8, 4) is 11.3 Å². The van der Waals surface area contributed by atoms with Crippen LogP contribution in [-0.4, -0.2) is 14.8 Å². The zero-order chi connectivity index (χ0) is 10.1. The maximum absolute atomic E-state index is 5.59. The minimum atomic E-state index is 0.490. The summed E-state index contributed by atoms with van der Waals surface area (Å²) < 4.78 is 2.54. The van der Waals surface area contributed by atoms with Gasteiger partial charge in [0.15, 0.2) is 0 Å². The fourth-order valence-corrected chi connectivity index (χ4v) is 1.51. The first-order valence-electron chi connectivity index (χ1n) is 4.08. The maximum atomic E-state index is 5.59. The molecule has 0 bridgehead atoms. The van der Waals surface area contributed by atoms with E-state index in [-0.39, 0.29) is 0 Å². The highest BCUT2D eigenvalue weighted by atomic mass is 79.9. The zero-order valence-electron chi connectivity index (χ0n) is 7.61. The Morgan fingerprint density at radius 1 is 1.50 bits per heavy atom. The van der Waals surface area contributed by atoms with Crippen LogP contribution in [0.5, 0.6) is 0 Å². The summed E-state index contributed by atoms with van der Waals surface area (Å²) in [7, 11) is 1.88. The van der Waals surface area contributed by atoms with E-state index in [0.29, 0.717) is 5.82 Å². The highest BCUT2D eigenvalue weighted by molar-refractivity contribution is 9.10. The van der Waals surface area contributed by atoms with Crippen molar-refractivity contribution in [1.29, 1.82) is 0 Å². The lowest BCUT2D eigenvalue weighted by molar-refractivity contribution is 0.771. The number of aromatic nitrogens is 3. The molecule has 2 aromatic rings. The van der Waals surface area contributed by atoms with E-state index in [2.05, 4.69) is 26.0 Å². The molecule has 0 radical (unpaired) electrons. The van der Waals surface area contributed by atoms with Crippen molar-refractivity contribution < 1.29 is 0 Å². The number of pyridine rings is 1. The van der Waals surface area contributed by atoms with Gasteiger partial charge in [0.2, 0.25) is 0 Å². The topological polar surface area (TPSA) is 56.7 Å². The van der Waals surface area contributed by atoms with Crippen molar-refractivity contribution in [3.05, 3.63) is 29.0 Å². The van der Waals surface area contributed by atoms with E-state index >= 15 is 0 Å². The molecule has 4 nitrogen and oxygen atoms in total. The largest absolute Gasteiger partial charge is 0.383 e. The molecular weight excluding hydrogens is 244 g/mol. The number of rotatable bonds is 1. The lowest BCUT2D eigenvalue weighted by atomic mass is 10.2. The van der Waals surface area contributed by atoms with Crippen LogP contribution in [0.1, 0.15) is 0 Å². The van der Waals surface area contributed by atoms with Gasteiger partial charge in [-0.15, -0.1) is 0 Å². The van der Waals surface area contributed by atoms with Gasteiger partial charge >= 0.3 is 0 Å². The van der Waals surface area contributed by atoms with Crippen LogP contribution in [0.25, 0.3) is 11.3 Å². The summed E-state index contributed by atoms with van der Waals surface area (Å²) in [4.78, 5) is 4.05. The normalized spacial score (nSPS) is 10.4. The Hall–Kier alpha value is -1.36. The fraction of sp³-hybridized carbons (Fsp3) is 0.111. The molecule has 0 saturated carbocycles. The first kappa shape index (κ1) is 9.21. The highest BCUT2D eigenvalue weighted by Gasteiger charge is 2.04. The predicted octanol–water partition coefficient (Wildman–Crippen LogP) is 1.83. The van der Waals surface area contributed by atoms with E-state index in [1.54, 1.807) is 10.9 Å². The zero-order valence-corrected chi connectivity index (χ0v) is 9.19. The Kier molecular flexibility index (Phi) is 2.25. The van der Waals surface area contributed by atoms with Crippen LogP contribution < -0.4 is 5.73 Å². The Labute approximate surface area is 89.9 Å². The van der Waals surface area contributed by atoms with Crippen LogP contribution in [0, 0.1) is 0 Å². The van der Waals surface area contributed by atoms with Gasteiger partial charge in [0.25, 0.3) is 0 Å². The molecular formula is C9H9BrN4. The van der Waals surface area contributed by atoms with Gasteiger partial charge in [0.1, 0.15) is 5.82 Å². The van der Waals surface area contributed by atoms with Gasteiger partial charge in [0, 0.05) is 25.0 Å². The molecule has 2 heterocycles. The Balaban J connectivity index is 2.47. The van der Waals surface area contributed by atoms with E-state index < -0.39 is 0 Å². The predicted molar refractivity (Wildman–Crippen MR) is 58.6 cm³/mol. The Morgan fingerprint density at radius 2 is 2.29 bits per heavy atom. The molecule has 0 aliphatic heterocycles. The molecule has 0 fully saturated rings. The molecule has 0 aromatic carbocycles. The van der Waals surface area contributed by atoms with Crippen LogP contribution in [0.3, 0.4) is 0 Å². The van der Waals surface area contributed by atoms with Crippen LogP contribution in [0.15, 0.2) is 29.0 Å². The third-order valence-corrected chi connectivity index (χ3v) is 2.51. The second kappa shape index (κ2) is 3.42. The summed E-state index contributed by atoms with van der Waals surface area (Å²) in [6.45, 7) is 0. The lowest BCUT2D eigenvalue weighted by Gasteiger charge is -1.99. The number of hydrogen-bond donors (Lipinski definition) is 1. The molecule has 0 saturated heterocycles. The van der Waals surface area contributed by atoms with Crippen molar-refractivity contribution in [2.24, 2.45) is 7.05 Å². The lowest BCUT2D eigenvalue weighted by Crippen LogP contribution is -1.92. The van der Waals surface area contributed by atoms with E-state index in [0.717, 1.165) is 15.7 Å². The van der Waals surface area contributed by atoms with Crippen LogP contribution >= 0.6 is 15.9 Å². The Bertz CT molecular complexity index is 464. The minimum Gasteiger partial charge on any atom is -0.383 e. The van der Waals surface area contributed by atoms with E-state index in [1.807, 2.05) is 25.4 Å². The van der Waals surface area contributed by atoms with Crippen molar-refractivity contribution in [3.63, 3.8) is 0 Å². The Morgan fingerprint density at radius 3 is 2.86 bits per heavy atom. The number of nitrogens with two attached hydrogens (primary N) is 1. The summed E-state index contributed by atoms with van der Waals surface area (Å²) in [6, 6.07) is 3.84. The molecule has 2 N–H and O–H groups in total. The van der Waals surface area contributed by atoms with Crippen molar-refractivity contribution in [1.82, 2.24) is 14.8 Å². The third kappa shape index (κ3) is 1.63. The molecule has 0 atom stereocenters. The summed E-state index contributed by atoms with van der Waals surface area (Å²) in [5.41, 5.74) is 7.43. The van der Waals surface area contributed by atoms with Crippen molar-refractivity contribution >= 4 is 21.7 Å². The molecule has 2 rings (SSSR count). The van der Waals surface area contributed by atoms with E-state index in [1.165, 1.54) is 0 Å². The van der Waals surface area contributed by atoms with Crippen LogP contribution in [-0.2, 0) is 7.05 Å². The second-order valence-electron chi connectivity index (χ2n) is 2.97. The number of anilines is 1. The SMILES string of the molecule is Cn1ccc(-c2cnc(N)c(Br)c2)n1. The molecule has 0 spiro atoms. The molecule has 0 aliphatic carbocycles. The van der Waals surface area contributed by atoms with Gasteiger partial charge in [0.05, 0.1) is 10.2 Å². The van der Waals surface area contributed by atoms with Crippen molar-refractivity contribution in [2.45, 2.75) is 0 Å². The summed E-state index contributed by atoms with van der Waals surface area (Å²) in [5.74, 6) is 0.490. The molecule has 72 valence electrons. The van der Waals surface area contributed by atoms with Crippen LogP contribution in [0.2, 0.25) is 0 Å². The number of nitrogen functional groups attached to an aromatic ring is 1. The van der Waals surface area contributed by atoms with Gasteiger partial charge in [-0.3, -0.25) is 4.68 Å². The molecule has 14 heavy (non-hydrogen) atoms. The second-order valence-corrected chi connectivity index (χ2v) is 3.82. The van der Waals surface area contributed by atoms with Crippen molar-refractivity contribution in [2.75, 3.05) is 5.73 Å². The number of nitrogens with zero attached hydrogens (tertiary/aromatic N) is 3. The van der Waals surface area contributed by atoms with Gasteiger partial charge < -0.3 is 5.73 Å². The third-order valence-electron chi connectivity index (χ3n) is 1.88. The van der Waals surface area contributed by atoms with Gasteiger partial charge in [-0.25, -0.2) is 4.98 Å². The average molecular weight is 253 g/mol. The summed E-state index contributed by atoms with van der Waals surface area (Å²) >= 11 is 3.33. The molecule has 0 unspecified atom stereocenters. The quantitative estimate of drug-likeness (QED) is 0.843. The van der Waals surface area contributed by atoms with Crippen LogP contribution in [0.4, 0.5) is 5.82 Å². The molecule has 0 aliphatic rings. The van der Waals surface area contributed by atoms with Gasteiger partial charge in [-0.2, -0.15) is 5.10 Å². The summed E-state index contributed by atoms with van der Waals surface area (Å²) in [5, 5.41) is 4.27. The van der Waals surface area contributed by atoms with Gasteiger partial charge in [-0.05, 0) is 28.1 Å². The summed E-state index contributed by atoms with van der Waals surface area (Å²) in [6.07, 6.45) is 3.60. The standard InChI is InChI=1S/C9H9BrN4/c1-14-3-2-8(13-14)6-4-7(10)9(11)12-5-6/h2-5H,1H3,(H2,11,12). The van der Waals surface area contributed by atoms with E-state index in [9.17, 15) is 0 Å². The molecule has 2 aromatic heterocycles. The molecule has 0 amide bonds. The average Bonchev–Trinajstić information content (AvgIpc) is 2.57. The first-order valence-corrected chi connectivity index (χ1v) is 4.87. The smallest absolute Gasteiger partial charge is 0.137 e. The minimum absolute atomic E-state index is 0.490. The van der Waals surface area contributed by atoms with Gasteiger partial charge in [-0.1, -0.05) is 0 Å². The molecule has 5 heteroatoms. The maximum Gasteiger partial charge on any atom is 0.137 e. The monoisotopic (exact) mass is 252 g/mol. The number of hydrogen-bond acceptors (Lipinski definition) is 3. The number of aryl methyl sites for hydroxylation is 1.